The standard InChI is InChI=1S/C14H26N2O4S/c1-4-6-12(11-20-3)15-21(18,19)14-8-13(10-17)16(9-14)7-5-2/h8-9,12,15,17H,4-7,10-11H2,1-3H3. The molecule has 0 aliphatic heterocycles. The molecule has 21 heavy (non-hydrogen) atoms. The number of rotatable bonds is 10. The number of aliphatic hydroxyl groups excluding tert-OH is 1. The zero-order valence-corrected chi connectivity index (χ0v) is 13.8. The molecular weight excluding hydrogens is 292 g/mol. The molecule has 6 nitrogen and oxygen atoms in total. The smallest absolute Gasteiger partial charge is 0.242 e. The lowest BCUT2D eigenvalue weighted by molar-refractivity contribution is 0.171. The first-order chi connectivity index (χ1) is 9.98. The van der Waals surface area contributed by atoms with Gasteiger partial charge in [-0.3, -0.25) is 0 Å². The van der Waals surface area contributed by atoms with Gasteiger partial charge in [0.1, 0.15) is 0 Å². The molecule has 1 heterocycles. The molecule has 1 rings (SSSR count). The Morgan fingerprint density at radius 1 is 1.38 bits per heavy atom. The van der Waals surface area contributed by atoms with Crippen LogP contribution in [-0.4, -0.2) is 37.8 Å². The van der Waals surface area contributed by atoms with E-state index in [2.05, 4.69) is 4.72 Å². The summed E-state index contributed by atoms with van der Waals surface area (Å²) in [4.78, 5) is 0.192. The van der Waals surface area contributed by atoms with E-state index in [4.69, 9.17) is 4.74 Å². The van der Waals surface area contributed by atoms with E-state index in [1.165, 1.54) is 6.07 Å². The fourth-order valence-corrected chi connectivity index (χ4v) is 3.58. The Morgan fingerprint density at radius 2 is 2.10 bits per heavy atom. The number of aryl methyl sites for hydroxylation is 1. The molecule has 1 aromatic rings. The number of hydrogen-bond donors (Lipinski definition) is 2. The number of methoxy groups -OCH3 is 1. The highest BCUT2D eigenvalue weighted by Gasteiger charge is 2.22. The molecule has 0 aliphatic rings. The minimum Gasteiger partial charge on any atom is -0.390 e. The highest BCUT2D eigenvalue weighted by Crippen LogP contribution is 2.16. The summed E-state index contributed by atoms with van der Waals surface area (Å²) in [6.07, 6.45) is 4.04. The quantitative estimate of drug-likeness (QED) is 0.685. The Balaban J connectivity index is 2.95. The topological polar surface area (TPSA) is 80.6 Å². The van der Waals surface area contributed by atoms with Crippen molar-refractivity contribution >= 4 is 10.0 Å². The lowest BCUT2D eigenvalue weighted by atomic mass is 10.2. The van der Waals surface area contributed by atoms with Crippen LogP contribution < -0.4 is 4.72 Å². The fourth-order valence-electron chi connectivity index (χ4n) is 2.27. The van der Waals surface area contributed by atoms with Crippen molar-refractivity contribution < 1.29 is 18.3 Å². The summed E-state index contributed by atoms with van der Waals surface area (Å²) in [5.41, 5.74) is 0.607. The molecule has 1 aromatic heterocycles. The molecule has 1 unspecified atom stereocenters. The van der Waals surface area contributed by atoms with Crippen molar-refractivity contribution in [3.05, 3.63) is 18.0 Å². The second-order valence-electron chi connectivity index (χ2n) is 5.08. The largest absolute Gasteiger partial charge is 0.390 e. The molecule has 7 heteroatoms. The summed E-state index contributed by atoms with van der Waals surface area (Å²) < 4.78 is 34.3. The van der Waals surface area contributed by atoms with Gasteiger partial charge in [0, 0.05) is 31.6 Å². The van der Waals surface area contributed by atoms with Gasteiger partial charge in [-0.2, -0.15) is 0 Å². The minimum atomic E-state index is -3.60. The van der Waals surface area contributed by atoms with Gasteiger partial charge in [-0.25, -0.2) is 13.1 Å². The first kappa shape index (κ1) is 18.2. The van der Waals surface area contributed by atoms with Crippen molar-refractivity contribution in [1.82, 2.24) is 9.29 Å². The summed E-state index contributed by atoms with van der Waals surface area (Å²) in [5.74, 6) is 0. The predicted molar refractivity (Wildman–Crippen MR) is 81.5 cm³/mol. The normalized spacial score (nSPS) is 13.5. The lowest BCUT2D eigenvalue weighted by Gasteiger charge is -2.16. The third-order valence-corrected chi connectivity index (χ3v) is 4.71. The maximum atomic E-state index is 12.4. The molecule has 2 N–H and O–H groups in total. The Morgan fingerprint density at radius 3 is 2.62 bits per heavy atom. The van der Waals surface area contributed by atoms with Gasteiger partial charge in [0.25, 0.3) is 0 Å². The molecule has 0 saturated carbocycles. The minimum absolute atomic E-state index is 0.175. The van der Waals surface area contributed by atoms with Gasteiger partial charge in [0.15, 0.2) is 0 Å². The van der Waals surface area contributed by atoms with Gasteiger partial charge in [-0.05, 0) is 18.9 Å². The monoisotopic (exact) mass is 318 g/mol. The van der Waals surface area contributed by atoms with E-state index < -0.39 is 10.0 Å². The van der Waals surface area contributed by atoms with Crippen LogP contribution in [0.5, 0.6) is 0 Å². The van der Waals surface area contributed by atoms with Gasteiger partial charge in [0.05, 0.1) is 18.1 Å². The molecule has 0 fully saturated rings. The second-order valence-corrected chi connectivity index (χ2v) is 6.79. The third-order valence-electron chi connectivity index (χ3n) is 3.22. The molecule has 0 aromatic carbocycles. The maximum absolute atomic E-state index is 12.4. The maximum Gasteiger partial charge on any atom is 0.242 e. The van der Waals surface area contributed by atoms with E-state index in [1.54, 1.807) is 17.9 Å². The second kappa shape index (κ2) is 8.53. The highest BCUT2D eigenvalue weighted by molar-refractivity contribution is 7.89. The number of hydrogen-bond acceptors (Lipinski definition) is 4. The summed E-state index contributed by atoms with van der Waals surface area (Å²) in [6, 6.07) is 1.28. The van der Waals surface area contributed by atoms with Crippen molar-refractivity contribution in [3.63, 3.8) is 0 Å². The van der Waals surface area contributed by atoms with Gasteiger partial charge < -0.3 is 14.4 Å². The van der Waals surface area contributed by atoms with Crippen LogP contribution in [0, 0.1) is 0 Å². The molecule has 122 valence electrons. The van der Waals surface area contributed by atoms with Crippen LogP contribution >= 0.6 is 0 Å². The lowest BCUT2D eigenvalue weighted by Crippen LogP contribution is -2.37. The number of ether oxygens (including phenoxy) is 1. The third kappa shape index (κ3) is 5.10. The first-order valence-corrected chi connectivity index (χ1v) is 8.77. The van der Waals surface area contributed by atoms with Gasteiger partial charge in [-0.15, -0.1) is 0 Å². The molecule has 0 aliphatic carbocycles. The van der Waals surface area contributed by atoms with Crippen LogP contribution in [-0.2, 0) is 27.9 Å². The summed E-state index contributed by atoms with van der Waals surface area (Å²) in [6.45, 7) is 4.85. The molecule has 0 bridgehead atoms. The van der Waals surface area contributed by atoms with E-state index >= 15 is 0 Å². The Bertz CT molecular complexity index is 519. The van der Waals surface area contributed by atoms with Crippen molar-refractivity contribution in [2.24, 2.45) is 0 Å². The van der Waals surface area contributed by atoms with Crippen molar-refractivity contribution in [1.29, 1.82) is 0 Å². The van der Waals surface area contributed by atoms with E-state index in [0.717, 1.165) is 19.3 Å². The fraction of sp³-hybridized carbons (Fsp3) is 0.714. The summed E-state index contributed by atoms with van der Waals surface area (Å²) in [7, 11) is -2.04. The highest BCUT2D eigenvalue weighted by atomic mass is 32.2. The Labute approximate surface area is 127 Å². The van der Waals surface area contributed by atoms with Crippen molar-refractivity contribution in [2.75, 3.05) is 13.7 Å². The van der Waals surface area contributed by atoms with E-state index in [1.807, 2.05) is 13.8 Å². The van der Waals surface area contributed by atoms with Gasteiger partial charge in [0.2, 0.25) is 10.0 Å². The molecular formula is C14H26N2O4S. The van der Waals surface area contributed by atoms with Crippen LogP contribution in [0.25, 0.3) is 0 Å². The van der Waals surface area contributed by atoms with Crippen molar-refractivity contribution in [2.45, 2.75) is 57.2 Å². The molecule has 1 atom stereocenters. The average Bonchev–Trinajstić information content (AvgIpc) is 2.83. The molecule has 0 radical (unpaired) electrons. The number of nitrogens with zero attached hydrogens (tertiary/aromatic N) is 1. The van der Waals surface area contributed by atoms with E-state index in [-0.39, 0.29) is 17.5 Å². The number of sulfonamides is 1. The molecule has 0 spiro atoms. The Kier molecular flexibility index (Phi) is 7.37. The summed E-state index contributed by atoms with van der Waals surface area (Å²) >= 11 is 0. The van der Waals surface area contributed by atoms with E-state index in [9.17, 15) is 13.5 Å². The SMILES string of the molecule is CCCC(COC)NS(=O)(=O)c1cc(CO)n(CCC)c1. The van der Waals surface area contributed by atoms with Gasteiger partial charge >= 0.3 is 0 Å². The van der Waals surface area contributed by atoms with Crippen LogP contribution in [0.1, 0.15) is 38.8 Å². The zero-order chi connectivity index (χ0) is 15.9. The molecule has 0 saturated heterocycles. The number of nitrogens with one attached hydrogen (secondary N) is 1. The van der Waals surface area contributed by atoms with Gasteiger partial charge in [-0.1, -0.05) is 20.3 Å². The van der Waals surface area contributed by atoms with Crippen molar-refractivity contribution in [3.8, 4) is 0 Å². The average molecular weight is 318 g/mol. The van der Waals surface area contributed by atoms with Crippen LogP contribution in [0.3, 0.4) is 0 Å². The van der Waals surface area contributed by atoms with Crippen LogP contribution in [0.15, 0.2) is 17.2 Å². The van der Waals surface area contributed by atoms with Crippen LogP contribution in [0.4, 0.5) is 0 Å². The first-order valence-electron chi connectivity index (χ1n) is 7.29. The summed E-state index contributed by atoms with van der Waals surface area (Å²) in [5, 5.41) is 9.32. The van der Waals surface area contributed by atoms with E-state index in [0.29, 0.717) is 18.8 Å². The zero-order valence-electron chi connectivity index (χ0n) is 13.0. The Hall–Kier alpha value is -0.890. The van der Waals surface area contributed by atoms with Crippen LogP contribution in [0.2, 0.25) is 0 Å². The molecule has 0 amide bonds. The number of aromatic nitrogens is 1. The number of aliphatic hydroxyl groups is 1. The predicted octanol–water partition coefficient (Wildman–Crippen LogP) is 1.48.